The number of nitrogens with zero attached hydrogens (tertiary/aromatic N) is 1. The van der Waals surface area contributed by atoms with Crippen molar-refractivity contribution >= 4 is 0 Å². The van der Waals surface area contributed by atoms with Gasteiger partial charge in [-0.05, 0) is 18.9 Å². The summed E-state index contributed by atoms with van der Waals surface area (Å²) in [5.74, 6) is 0. The summed E-state index contributed by atoms with van der Waals surface area (Å²) in [5.41, 5.74) is 1.22. The Morgan fingerprint density at radius 2 is 2.00 bits per heavy atom. The van der Waals surface area contributed by atoms with E-state index in [9.17, 15) is 0 Å². The molecule has 74 valence electrons. The topological polar surface area (TPSA) is 35.8 Å². The van der Waals surface area contributed by atoms with Gasteiger partial charge in [0.2, 0.25) is 0 Å². The fraction of sp³-hybridized carbons (Fsp3) is 0.417. The lowest BCUT2D eigenvalue weighted by atomic mass is 10.1. The Morgan fingerprint density at radius 1 is 1.36 bits per heavy atom. The maximum Gasteiger partial charge on any atom is 0.0954 e. The van der Waals surface area contributed by atoms with Crippen LogP contribution in [0.5, 0.6) is 0 Å². The highest BCUT2D eigenvalue weighted by Crippen LogP contribution is 2.12. The lowest BCUT2D eigenvalue weighted by Crippen LogP contribution is -2.29. The fourth-order valence-electron chi connectivity index (χ4n) is 1.39. The zero-order chi connectivity index (χ0) is 10.4. The first-order chi connectivity index (χ1) is 6.77. The molecular weight excluding hydrogens is 172 g/mol. The van der Waals surface area contributed by atoms with Gasteiger partial charge in [0, 0.05) is 6.04 Å². The second-order valence-corrected chi connectivity index (χ2v) is 3.39. The predicted molar refractivity (Wildman–Crippen MR) is 57.7 cm³/mol. The molecule has 0 spiro atoms. The van der Waals surface area contributed by atoms with Gasteiger partial charge in [0.05, 0.1) is 12.1 Å². The van der Waals surface area contributed by atoms with Crippen molar-refractivity contribution in [3.63, 3.8) is 0 Å². The molecule has 2 unspecified atom stereocenters. The van der Waals surface area contributed by atoms with E-state index in [4.69, 9.17) is 5.26 Å². The highest BCUT2D eigenvalue weighted by molar-refractivity contribution is 5.18. The van der Waals surface area contributed by atoms with Crippen LogP contribution in [0.25, 0.3) is 0 Å². The third kappa shape index (κ3) is 2.86. The van der Waals surface area contributed by atoms with Crippen molar-refractivity contribution in [3.8, 4) is 6.07 Å². The van der Waals surface area contributed by atoms with Crippen molar-refractivity contribution in [1.29, 1.82) is 5.26 Å². The third-order valence-corrected chi connectivity index (χ3v) is 2.31. The van der Waals surface area contributed by atoms with Crippen LogP contribution in [0.1, 0.15) is 31.9 Å². The minimum atomic E-state index is -0.0507. The molecule has 0 bridgehead atoms. The van der Waals surface area contributed by atoms with Crippen LogP contribution in [0, 0.1) is 11.3 Å². The van der Waals surface area contributed by atoms with Crippen LogP contribution < -0.4 is 5.32 Å². The van der Waals surface area contributed by atoms with Gasteiger partial charge in [-0.1, -0.05) is 37.3 Å². The molecule has 0 saturated heterocycles. The van der Waals surface area contributed by atoms with Gasteiger partial charge in [-0.2, -0.15) is 5.26 Å². The Labute approximate surface area is 85.6 Å². The first kappa shape index (κ1) is 10.7. The van der Waals surface area contributed by atoms with Crippen LogP contribution in [0.4, 0.5) is 0 Å². The van der Waals surface area contributed by atoms with E-state index in [0.29, 0.717) is 0 Å². The standard InChI is InChI=1S/C12H16N2/c1-3-12(9-13)14-10(2)11-7-5-4-6-8-11/h4-8,10,12,14H,3H2,1-2H3. The maximum absolute atomic E-state index is 8.81. The molecule has 0 amide bonds. The fourth-order valence-corrected chi connectivity index (χ4v) is 1.39. The van der Waals surface area contributed by atoms with E-state index < -0.39 is 0 Å². The summed E-state index contributed by atoms with van der Waals surface area (Å²) in [5, 5.41) is 12.1. The SMILES string of the molecule is CCC(C#N)NC(C)c1ccccc1. The van der Waals surface area contributed by atoms with Crippen LogP contribution in [0.3, 0.4) is 0 Å². The Kier molecular flexibility index (Phi) is 4.15. The molecule has 0 saturated carbocycles. The van der Waals surface area contributed by atoms with Crippen LogP contribution in [0.2, 0.25) is 0 Å². The Bertz CT molecular complexity index is 300. The van der Waals surface area contributed by atoms with Crippen molar-refractivity contribution in [1.82, 2.24) is 5.32 Å². The number of nitriles is 1. The third-order valence-electron chi connectivity index (χ3n) is 2.31. The van der Waals surface area contributed by atoms with Crippen LogP contribution in [-0.4, -0.2) is 6.04 Å². The van der Waals surface area contributed by atoms with E-state index in [-0.39, 0.29) is 12.1 Å². The Hall–Kier alpha value is -1.33. The van der Waals surface area contributed by atoms with Crippen LogP contribution >= 0.6 is 0 Å². The van der Waals surface area contributed by atoms with Gasteiger partial charge in [-0.15, -0.1) is 0 Å². The van der Waals surface area contributed by atoms with E-state index in [1.54, 1.807) is 0 Å². The van der Waals surface area contributed by atoms with Gasteiger partial charge >= 0.3 is 0 Å². The molecule has 2 heteroatoms. The molecule has 1 aromatic rings. The van der Waals surface area contributed by atoms with Gasteiger partial charge in [-0.25, -0.2) is 0 Å². The van der Waals surface area contributed by atoms with E-state index in [2.05, 4.69) is 30.4 Å². The summed E-state index contributed by atoms with van der Waals surface area (Å²) in [7, 11) is 0. The van der Waals surface area contributed by atoms with Gasteiger partial charge < -0.3 is 0 Å². The minimum absolute atomic E-state index is 0.0507. The number of nitrogens with one attached hydrogen (secondary N) is 1. The first-order valence-corrected chi connectivity index (χ1v) is 4.98. The van der Waals surface area contributed by atoms with Gasteiger partial charge in [0.25, 0.3) is 0 Å². The maximum atomic E-state index is 8.81. The highest BCUT2D eigenvalue weighted by Gasteiger charge is 2.09. The Morgan fingerprint density at radius 3 is 2.50 bits per heavy atom. The summed E-state index contributed by atoms with van der Waals surface area (Å²) < 4.78 is 0. The van der Waals surface area contributed by atoms with Crippen LogP contribution in [0.15, 0.2) is 30.3 Å². The number of rotatable bonds is 4. The second-order valence-electron chi connectivity index (χ2n) is 3.39. The van der Waals surface area contributed by atoms with Gasteiger partial charge in [0.15, 0.2) is 0 Å². The molecule has 0 heterocycles. The van der Waals surface area contributed by atoms with E-state index in [0.717, 1.165) is 6.42 Å². The summed E-state index contributed by atoms with van der Waals surface area (Å²) in [6.07, 6.45) is 0.841. The van der Waals surface area contributed by atoms with E-state index in [1.807, 2.05) is 25.1 Å². The predicted octanol–water partition coefficient (Wildman–Crippen LogP) is 2.64. The highest BCUT2D eigenvalue weighted by atomic mass is 14.9. The smallest absolute Gasteiger partial charge is 0.0954 e. The molecule has 0 aliphatic rings. The van der Waals surface area contributed by atoms with Crippen molar-refractivity contribution in [2.24, 2.45) is 0 Å². The van der Waals surface area contributed by atoms with Crippen LogP contribution in [-0.2, 0) is 0 Å². The molecule has 0 fully saturated rings. The summed E-state index contributed by atoms with van der Waals surface area (Å²) in [4.78, 5) is 0. The first-order valence-electron chi connectivity index (χ1n) is 4.98. The average molecular weight is 188 g/mol. The van der Waals surface area contributed by atoms with Gasteiger partial charge in [-0.3, -0.25) is 5.32 Å². The lowest BCUT2D eigenvalue weighted by molar-refractivity contribution is 0.508. The summed E-state index contributed by atoms with van der Waals surface area (Å²) in [6.45, 7) is 4.09. The van der Waals surface area contributed by atoms with Crippen molar-refractivity contribution < 1.29 is 0 Å². The molecule has 1 aromatic carbocycles. The molecule has 0 aliphatic heterocycles. The second kappa shape index (κ2) is 5.41. The minimum Gasteiger partial charge on any atom is -0.295 e. The average Bonchev–Trinajstić information content (AvgIpc) is 2.26. The lowest BCUT2D eigenvalue weighted by Gasteiger charge is -2.17. The molecule has 2 nitrogen and oxygen atoms in total. The number of hydrogen-bond donors (Lipinski definition) is 1. The molecule has 14 heavy (non-hydrogen) atoms. The molecule has 1 N–H and O–H groups in total. The van der Waals surface area contributed by atoms with E-state index >= 15 is 0 Å². The van der Waals surface area contributed by atoms with Crippen molar-refractivity contribution in [2.45, 2.75) is 32.4 Å². The van der Waals surface area contributed by atoms with E-state index in [1.165, 1.54) is 5.56 Å². The molecule has 0 radical (unpaired) electrons. The number of benzene rings is 1. The van der Waals surface area contributed by atoms with Gasteiger partial charge in [0.1, 0.15) is 0 Å². The summed E-state index contributed by atoms with van der Waals surface area (Å²) >= 11 is 0. The normalized spacial score (nSPS) is 14.4. The number of hydrogen-bond acceptors (Lipinski definition) is 2. The molecule has 2 atom stereocenters. The molecule has 0 aliphatic carbocycles. The molecule has 1 rings (SSSR count). The van der Waals surface area contributed by atoms with Crippen molar-refractivity contribution in [2.75, 3.05) is 0 Å². The van der Waals surface area contributed by atoms with Crippen molar-refractivity contribution in [3.05, 3.63) is 35.9 Å². The zero-order valence-electron chi connectivity index (χ0n) is 8.70. The monoisotopic (exact) mass is 188 g/mol. The molecule has 0 aromatic heterocycles. The Balaban J connectivity index is 2.59. The largest absolute Gasteiger partial charge is 0.295 e. The zero-order valence-corrected chi connectivity index (χ0v) is 8.70. The molecular formula is C12H16N2. The quantitative estimate of drug-likeness (QED) is 0.788. The summed E-state index contributed by atoms with van der Waals surface area (Å²) in [6, 6.07) is 12.6.